The molecule has 100 valence electrons. The zero-order valence-corrected chi connectivity index (χ0v) is 11.0. The van der Waals surface area contributed by atoms with Gasteiger partial charge in [-0.15, -0.1) is 0 Å². The van der Waals surface area contributed by atoms with Crippen LogP contribution < -0.4 is 5.32 Å². The van der Waals surface area contributed by atoms with Crippen molar-refractivity contribution >= 4 is 23.6 Å². The Morgan fingerprint density at radius 1 is 1.47 bits per heavy atom. The fourth-order valence-corrected chi connectivity index (χ4v) is 1.70. The van der Waals surface area contributed by atoms with E-state index in [-0.39, 0.29) is 19.1 Å². The summed E-state index contributed by atoms with van der Waals surface area (Å²) in [5.74, 6) is -0.671. The van der Waals surface area contributed by atoms with Crippen molar-refractivity contribution in [2.75, 3.05) is 38.8 Å². The Bertz CT molecular complexity index is 250. The molecule has 3 N–H and O–H groups in total. The quantitative estimate of drug-likeness (QED) is 0.507. The lowest BCUT2D eigenvalue weighted by atomic mass is 10.2. The van der Waals surface area contributed by atoms with Gasteiger partial charge in [0.1, 0.15) is 6.04 Å². The Labute approximate surface area is 105 Å². The highest BCUT2D eigenvalue weighted by Crippen LogP contribution is 2.01. The molecule has 0 aromatic rings. The van der Waals surface area contributed by atoms with Crippen LogP contribution in [-0.2, 0) is 9.59 Å². The van der Waals surface area contributed by atoms with E-state index in [2.05, 4.69) is 5.32 Å². The number of hydrogen-bond acceptors (Lipinski definition) is 5. The minimum atomic E-state index is -1.02. The molecule has 0 fully saturated rings. The Morgan fingerprint density at radius 3 is 2.59 bits per heavy atom. The summed E-state index contributed by atoms with van der Waals surface area (Å²) >= 11 is 1.54. The third kappa shape index (κ3) is 8.00. The molecule has 0 aliphatic heterocycles. The van der Waals surface area contributed by atoms with Crippen LogP contribution in [0.4, 0.5) is 0 Å². The summed E-state index contributed by atoms with van der Waals surface area (Å²) in [4.78, 5) is 24.0. The number of amides is 1. The molecule has 1 amide bonds. The maximum absolute atomic E-state index is 11.5. The number of aliphatic hydroxyl groups is 1. The van der Waals surface area contributed by atoms with E-state index in [1.165, 1.54) is 11.8 Å². The summed E-state index contributed by atoms with van der Waals surface area (Å²) in [5, 5.41) is 20.0. The Balaban J connectivity index is 4.07. The van der Waals surface area contributed by atoms with Gasteiger partial charge in [-0.3, -0.25) is 9.69 Å². The predicted molar refractivity (Wildman–Crippen MR) is 67.1 cm³/mol. The molecule has 1 unspecified atom stereocenters. The Morgan fingerprint density at radius 2 is 2.12 bits per heavy atom. The molecule has 0 aliphatic carbocycles. The first-order valence-electron chi connectivity index (χ1n) is 5.31. The maximum atomic E-state index is 11.5. The number of rotatable bonds is 9. The normalized spacial score (nSPS) is 12.5. The van der Waals surface area contributed by atoms with Crippen molar-refractivity contribution in [1.82, 2.24) is 10.2 Å². The third-order valence-corrected chi connectivity index (χ3v) is 2.78. The second-order valence-electron chi connectivity index (χ2n) is 3.70. The monoisotopic (exact) mass is 264 g/mol. The topological polar surface area (TPSA) is 89.9 Å². The van der Waals surface area contributed by atoms with Crippen LogP contribution in [0.3, 0.4) is 0 Å². The van der Waals surface area contributed by atoms with Crippen LogP contribution in [0.5, 0.6) is 0 Å². The molecule has 0 aromatic heterocycles. The van der Waals surface area contributed by atoms with Gasteiger partial charge in [0, 0.05) is 6.54 Å². The van der Waals surface area contributed by atoms with E-state index in [1.807, 2.05) is 6.26 Å². The molecule has 6 nitrogen and oxygen atoms in total. The fraction of sp³-hybridized carbons (Fsp3) is 0.800. The van der Waals surface area contributed by atoms with Crippen molar-refractivity contribution in [2.45, 2.75) is 12.5 Å². The molecule has 0 radical (unpaired) electrons. The summed E-state index contributed by atoms with van der Waals surface area (Å²) in [6.45, 7) is 0.443. The molecule has 0 rings (SSSR count). The number of nitrogens with zero attached hydrogens (tertiary/aromatic N) is 1. The standard InChI is InChI=1S/C10H20N2O4S/c1-12(4-5-13)7-9(14)11-8(10(15)16)3-6-17-2/h8,13H,3-7H2,1-2H3,(H,11,14)(H,15,16). The summed E-state index contributed by atoms with van der Waals surface area (Å²) in [7, 11) is 1.69. The largest absolute Gasteiger partial charge is 0.480 e. The smallest absolute Gasteiger partial charge is 0.326 e. The first-order chi connectivity index (χ1) is 8.01. The second-order valence-corrected chi connectivity index (χ2v) is 4.69. The summed E-state index contributed by atoms with van der Waals surface area (Å²) in [5.41, 5.74) is 0. The SMILES string of the molecule is CSCCC(NC(=O)CN(C)CCO)C(=O)O. The van der Waals surface area contributed by atoms with Crippen molar-refractivity contribution in [3.8, 4) is 0 Å². The Kier molecular flexibility index (Phi) is 8.83. The molecule has 0 spiro atoms. The Hall–Kier alpha value is -0.790. The number of thioether (sulfide) groups is 1. The highest BCUT2D eigenvalue weighted by Gasteiger charge is 2.19. The first-order valence-corrected chi connectivity index (χ1v) is 6.71. The highest BCUT2D eigenvalue weighted by atomic mass is 32.2. The third-order valence-electron chi connectivity index (χ3n) is 2.14. The van der Waals surface area contributed by atoms with E-state index < -0.39 is 12.0 Å². The van der Waals surface area contributed by atoms with Crippen LogP contribution >= 0.6 is 11.8 Å². The average Bonchev–Trinajstić information content (AvgIpc) is 2.23. The van der Waals surface area contributed by atoms with Crippen LogP contribution in [0.1, 0.15) is 6.42 Å². The molecule has 17 heavy (non-hydrogen) atoms. The zero-order valence-electron chi connectivity index (χ0n) is 10.2. The zero-order chi connectivity index (χ0) is 13.3. The van der Waals surface area contributed by atoms with Crippen molar-refractivity contribution in [2.24, 2.45) is 0 Å². The van der Waals surface area contributed by atoms with Gasteiger partial charge in [0.05, 0.1) is 13.2 Å². The van der Waals surface area contributed by atoms with Gasteiger partial charge >= 0.3 is 5.97 Å². The summed E-state index contributed by atoms with van der Waals surface area (Å²) in [6, 6.07) is -0.836. The maximum Gasteiger partial charge on any atom is 0.326 e. The molecule has 1 atom stereocenters. The van der Waals surface area contributed by atoms with Gasteiger partial charge < -0.3 is 15.5 Å². The highest BCUT2D eigenvalue weighted by molar-refractivity contribution is 7.98. The van der Waals surface area contributed by atoms with Crippen molar-refractivity contribution in [3.05, 3.63) is 0 Å². The van der Waals surface area contributed by atoms with Crippen LogP contribution in [0.15, 0.2) is 0 Å². The van der Waals surface area contributed by atoms with Gasteiger partial charge in [-0.1, -0.05) is 0 Å². The molecule has 0 aliphatic rings. The molecule has 0 bridgehead atoms. The van der Waals surface area contributed by atoms with Gasteiger partial charge in [0.2, 0.25) is 5.91 Å². The van der Waals surface area contributed by atoms with Crippen LogP contribution in [0.2, 0.25) is 0 Å². The average molecular weight is 264 g/mol. The van der Waals surface area contributed by atoms with E-state index in [4.69, 9.17) is 10.2 Å². The summed E-state index contributed by atoms with van der Waals surface area (Å²) < 4.78 is 0. The number of carboxylic acid groups (broad SMARTS) is 1. The minimum Gasteiger partial charge on any atom is -0.480 e. The number of aliphatic hydroxyl groups excluding tert-OH is 1. The van der Waals surface area contributed by atoms with E-state index in [1.54, 1.807) is 11.9 Å². The molecule has 0 saturated carbocycles. The number of carboxylic acids is 1. The number of carbonyl (C=O) groups excluding carboxylic acids is 1. The van der Waals surface area contributed by atoms with E-state index in [0.717, 1.165) is 0 Å². The van der Waals surface area contributed by atoms with E-state index in [0.29, 0.717) is 18.7 Å². The van der Waals surface area contributed by atoms with Gasteiger partial charge in [0.25, 0.3) is 0 Å². The summed E-state index contributed by atoms with van der Waals surface area (Å²) in [6.07, 6.45) is 2.29. The second kappa shape index (κ2) is 9.26. The van der Waals surface area contributed by atoms with Crippen LogP contribution in [0.25, 0.3) is 0 Å². The lowest BCUT2D eigenvalue weighted by Gasteiger charge is -2.18. The molecular weight excluding hydrogens is 244 g/mol. The van der Waals surface area contributed by atoms with E-state index in [9.17, 15) is 9.59 Å². The van der Waals surface area contributed by atoms with Crippen LogP contribution in [-0.4, -0.2) is 71.8 Å². The lowest BCUT2D eigenvalue weighted by molar-refractivity contribution is -0.142. The van der Waals surface area contributed by atoms with Crippen molar-refractivity contribution < 1.29 is 19.8 Å². The molecule has 0 saturated heterocycles. The molecule has 0 heterocycles. The molecular formula is C10H20N2O4S. The van der Waals surface area contributed by atoms with Crippen LogP contribution in [0, 0.1) is 0 Å². The minimum absolute atomic E-state index is 0.0292. The number of hydrogen-bond donors (Lipinski definition) is 3. The number of nitrogens with one attached hydrogen (secondary N) is 1. The van der Waals surface area contributed by atoms with E-state index >= 15 is 0 Å². The number of carbonyl (C=O) groups is 2. The first kappa shape index (κ1) is 16.2. The van der Waals surface area contributed by atoms with Crippen molar-refractivity contribution in [3.63, 3.8) is 0 Å². The fourth-order valence-electron chi connectivity index (χ4n) is 1.23. The van der Waals surface area contributed by atoms with Crippen molar-refractivity contribution in [1.29, 1.82) is 0 Å². The lowest BCUT2D eigenvalue weighted by Crippen LogP contribution is -2.45. The predicted octanol–water partition coefficient (Wildman–Crippen LogP) is -0.767. The van der Waals surface area contributed by atoms with Gasteiger partial charge in [-0.2, -0.15) is 11.8 Å². The number of likely N-dealkylation sites (N-methyl/N-ethyl adjacent to an activating group) is 1. The van der Waals surface area contributed by atoms with Gasteiger partial charge in [-0.05, 0) is 25.5 Å². The molecule has 7 heteroatoms. The molecule has 0 aromatic carbocycles. The van der Waals surface area contributed by atoms with Gasteiger partial charge in [-0.25, -0.2) is 4.79 Å². The number of aliphatic carboxylic acids is 1. The van der Waals surface area contributed by atoms with Gasteiger partial charge in [0.15, 0.2) is 0 Å².